The van der Waals surface area contributed by atoms with Gasteiger partial charge in [-0.3, -0.25) is 4.79 Å². The molecule has 0 aliphatic rings. The van der Waals surface area contributed by atoms with Gasteiger partial charge in [0, 0.05) is 19.2 Å². The number of carbonyl (C=O) groups excluding carboxylic acids is 1. The molecule has 1 amide bonds. The number of nitrogens with zero attached hydrogens (tertiary/aromatic N) is 2. The molecule has 5 heteroatoms. The average molecular weight is 324 g/mol. The molecule has 0 aliphatic carbocycles. The first-order chi connectivity index (χ1) is 11.6. The molecule has 0 aliphatic heterocycles. The topological polar surface area (TPSA) is 62.6 Å². The molecule has 0 aromatic heterocycles. The van der Waals surface area contributed by atoms with Gasteiger partial charge in [-0.2, -0.15) is 5.26 Å². The molecule has 0 bridgehead atoms. The highest BCUT2D eigenvalue weighted by Crippen LogP contribution is 2.15. The molecule has 2 aromatic rings. The van der Waals surface area contributed by atoms with Crippen molar-refractivity contribution in [2.24, 2.45) is 0 Å². The van der Waals surface area contributed by atoms with Crippen LogP contribution < -0.4 is 9.47 Å². The van der Waals surface area contributed by atoms with Gasteiger partial charge in [0.25, 0.3) is 5.91 Å². The summed E-state index contributed by atoms with van der Waals surface area (Å²) in [4.78, 5) is 13.8. The summed E-state index contributed by atoms with van der Waals surface area (Å²) in [5.74, 6) is 1.29. The van der Waals surface area contributed by atoms with Crippen molar-refractivity contribution in [1.82, 2.24) is 4.90 Å². The van der Waals surface area contributed by atoms with Gasteiger partial charge in [0.1, 0.15) is 24.7 Å². The lowest BCUT2D eigenvalue weighted by atomic mass is 10.2. The van der Waals surface area contributed by atoms with E-state index in [-0.39, 0.29) is 5.91 Å². The van der Waals surface area contributed by atoms with Gasteiger partial charge in [-0.1, -0.05) is 6.07 Å². The molecule has 0 unspecified atom stereocenters. The summed E-state index contributed by atoms with van der Waals surface area (Å²) in [6, 6.07) is 16.1. The van der Waals surface area contributed by atoms with E-state index in [9.17, 15) is 4.79 Å². The third-order valence-corrected chi connectivity index (χ3v) is 3.51. The number of amides is 1. The van der Waals surface area contributed by atoms with E-state index >= 15 is 0 Å². The normalized spacial score (nSPS) is 9.88. The Labute approximate surface area is 142 Å². The summed E-state index contributed by atoms with van der Waals surface area (Å²) in [7, 11) is 1.77. The van der Waals surface area contributed by atoms with Crippen LogP contribution in [-0.2, 0) is 0 Å². The molecule has 24 heavy (non-hydrogen) atoms. The molecule has 0 fully saturated rings. The van der Waals surface area contributed by atoms with Crippen molar-refractivity contribution >= 4 is 5.91 Å². The number of hydrogen-bond donors (Lipinski definition) is 0. The van der Waals surface area contributed by atoms with Gasteiger partial charge < -0.3 is 14.4 Å². The Morgan fingerprint density at radius 1 is 1.08 bits per heavy atom. The minimum Gasteiger partial charge on any atom is -0.490 e. The van der Waals surface area contributed by atoms with Gasteiger partial charge in [-0.25, -0.2) is 0 Å². The summed E-state index contributed by atoms with van der Waals surface area (Å²) < 4.78 is 11.2. The highest BCUT2D eigenvalue weighted by atomic mass is 16.5. The van der Waals surface area contributed by atoms with Crippen LogP contribution in [-0.4, -0.2) is 37.6 Å². The summed E-state index contributed by atoms with van der Waals surface area (Å²) in [5.41, 5.74) is 1.20. The molecule has 0 spiro atoms. The van der Waals surface area contributed by atoms with Crippen LogP contribution in [0.4, 0.5) is 0 Å². The van der Waals surface area contributed by atoms with E-state index in [0.29, 0.717) is 42.4 Å². The van der Waals surface area contributed by atoms with Crippen LogP contribution in [0.1, 0.15) is 22.8 Å². The fourth-order valence-electron chi connectivity index (χ4n) is 2.03. The summed E-state index contributed by atoms with van der Waals surface area (Å²) >= 11 is 0. The number of hydrogen-bond acceptors (Lipinski definition) is 4. The molecule has 0 heterocycles. The Morgan fingerprint density at radius 3 is 2.38 bits per heavy atom. The van der Waals surface area contributed by atoms with Crippen LogP contribution in [0.25, 0.3) is 0 Å². The largest absolute Gasteiger partial charge is 0.490 e. The van der Waals surface area contributed by atoms with Crippen LogP contribution in [0.15, 0.2) is 48.5 Å². The van der Waals surface area contributed by atoms with Gasteiger partial charge >= 0.3 is 0 Å². The maximum atomic E-state index is 12.1. The lowest BCUT2D eigenvalue weighted by molar-refractivity contribution is 0.0802. The van der Waals surface area contributed by atoms with E-state index < -0.39 is 0 Å². The second-order valence-corrected chi connectivity index (χ2v) is 5.18. The number of benzene rings is 2. The fourth-order valence-corrected chi connectivity index (χ4v) is 2.03. The highest BCUT2D eigenvalue weighted by Gasteiger charge is 2.10. The van der Waals surface area contributed by atoms with Crippen LogP contribution >= 0.6 is 0 Å². The Kier molecular flexibility index (Phi) is 6.21. The number of ether oxygens (including phenoxy) is 2. The lowest BCUT2D eigenvalue weighted by Crippen LogP contribution is -2.26. The van der Waals surface area contributed by atoms with E-state index in [0.717, 1.165) is 0 Å². The van der Waals surface area contributed by atoms with E-state index in [2.05, 4.69) is 6.07 Å². The van der Waals surface area contributed by atoms with E-state index in [4.69, 9.17) is 14.7 Å². The van der Waals surface area contributed by atoms with Crippen molar-refractivity contribution in [2.45, 2.75) is 6.92 Å². The maximum absolute atomic E-state index is 12.1. The Morgan fingerprint density at radius 2 is 1.75 bits per heavy atom. The minimum absolute atomic E-state index is 0.0308. The van der Waals surface area contributed by atoms with Crippen molar-refractivity contribution in [3.63, 3.8) is 0 Å². The van der Waals surface area contributed by atoms with Crippen molar-refractivity contribution in [3.8, 4) is 17.6 Å². The maximum Gasteiger partial charge on any atom is 0.253 e. The number of rotatable bonds is 7. The fraction of sp³-hybridized carbons (Fsp3) is 0.263. The van der Waals surface area contributed by atoms with Crippen LogP contribution in [0.5, 0.6) is 11.5 Å². The molecule has 0 saturated carbocycles. The van der Waals surface area contributed by atoms with Gasteiger partial charge in [0.15, 0.2) is 0 Å². The Balaban J connectivity index is 1.84. The number of nitriles is 1. The monoisotopic (exact) mass is 324 g/mol. The van der Waals surface area contributed by atoms with Crippen molar-refractivity contribution < 1.29 is 14.3 Å². The molecule has 2 aromatic carbocycles. The average Bonchev–Trinajstić information content (AvgIpc) is 2.64. The molecular formula is C19H20N2O3. The summed E-state index contributed by atoms with van der Waals surface area (Å²) in [6.07, 6.45) is 0. The van der Waals surface area contributed by atoms with Gasteiger partial charge in [0.05, 0.1) is 11.6 Å². The van der Waals surface area contributed by atoms with Gasteiger partial charge in [0.2, 0.25) is 0 Å². The van der Waals surface area contributed by atoms with Gasteiger partial charge in [-0.05, 0) is 49.4 Å². The predicted octanol–water partition coefficient (Wildman–Crippen LogP) is 3.11. The highest BCUT2D eigenvalue weighted by molar-refractivity contribution is 5.94. The molecule has 0 N–H and O–H groups in total. The zero-order valence-electron chi connectivity index (χ0n) is 13.9. The first-order valence-electron chi connectivity index (χ1n) is 7.75. The zero-order chi connectivity index (χ0) is 17.4. The third-order valence-electron chi connectivity index (χ3n) is 3.51. The van der Waals surface area contributed by atoms with E-state index in [1.807, 2.05) is 13.0 Å². The molecule has 0 saturated heterocycles. The molecule has 124 valence electrons. The van der Waals surface area contributed by atoms with E-state index in [1.165, 1.54) is 0 Å². The first kappa shape index (κ1) is 17.4. The standard InChI is InChI=1S/C19H20N2O3/c1-3-21(2)19(22)16-5-4-6-18(13-16)24-12-11-23-17-9-7-15(14-20)8-10-17/h4-10,13H,3,11-12H2,1-2H3. The summed E-state index contributed by atoms with van der Waals surface area (Å²) in [5, 5.41) is 8.74. The van der Waals surface area contributed by atoms with E-state index in [1.54, 1.807) is 54.4 Å². The summed E-state index contributed by atoms with van der Waals surface area (Å²) in [6.45, 7) is 3.32. The smallest absolute Gasteiger partial charge is 0.253 e. The van der Waals surface area contributed by atoms with Crippen LogP contribution in [0.3, 0.4) is 0 Å². The van der Waals surface area contributed by atoms with Crippen molar-refractivity contribution in [2.75, 3.05) is 26.8 Å². The number of carbonyl (C=O) groups is 1. The van der Waals surface area contributed by atoms with Crippen molar-refractivity contribution in [3.05, 3.63) is 59.7 Å². The molecule has 2 rings (SSSR count). The van der Waals surface area contributed by atoms with Crippen molar-refractivity contribution in [1.29, 1.82) is 5.26 Å². The quantitative estimate of drug-likeness (QED) is 0.734. The molecule has 5 nitrogen and oxygen atoms in total. The molecular weight excluding hydrogens is 304 g/mol. The SMILES string of the molecule is CCN(C)C(=O)c1cccc(OCCOc2ccc(C#N)cc2)c1. The minimum atomic E-state index is -0.0308. The lowest BCUT2D eigenvalue weighted by Gasteiger charge is -2.15. The zero-order valence-corrected chi connectivity index (χ0v) is 13.9. The Bertz CT molecular complexity index is 720. The molecule has 0 radical (unpaired) electrons. The second-order valence-electron chi connectivity index (χ2n) is 5.18. The van der Waals surface area contributed by atoms with Crippen LogP contribution in [0.2, 0.25) is 0 Å². The first-order valence-corrected chi connectivity index (χ1v) is 7.75. The molecule has 0 atom stereocenters. The third kappa shape index (κ3) is 4.75. The van der Waals surface area contributed by atoms with Gasteiger partial charge in [-0.15, -0.1) is 0 Å². The predicted molar refractivity (Wildman–Crippen MR) is 91.2 cm³/mol. The second kappa shape index (κ2) is 8.59. The Hall–Kier alpha value is -3.00. The van der Waals surface area contributed by atoms with Crippen LogP contribution in [0, 0.1) is 11.3 Å².